The smallest absolute Gasteiger partial charge is 0.335 e. The minimum atomic E-state index is -0.750. The number of pyridine rings is 1. The summed E-state index contributed by atoms with van der Waals surface area (Å²) < 4.78 is 22.7. The van der Waals surface area contributed by atoms with Crippen molar-refractivity contribution in [2.75, 3.05) is 11.9 Å². The fourth-order valence-corrected chi connectivity index (χ4v) is 3.71. The zero-order valence-electron chi connectivity index (χ0n) is 20.0. The number of fused-ring (bicyclic) bond motifs is 1. The first-order valence-electron chi connectivity index (χ1n) is 11.1. The van der Waals surface area contributed by atoms with Gasteiger partial charge in [-0.25, -0.2) is 4.98 Å². The van der Waals surface area contributed by atoms with Crippen molar-refractivity contribution in [2.24, 2.45) is 5.92 Å². The Morgan fingerprint density at radius 3 is 2.34 bits per heavy atom. The second kappa shape index (κ2) is 11.5. The van der Waals surface area contributed by atoms with Gasteiger partial charge in [0.2, 0.25) is 0 Å². The molecule has 1 aliphatic rings. The van der Waals surface area contributed by atoms with Gasteiger partial charge in [-0.2, -0.15) is 8.42 Å². The maximum absolute atomic E-state index is 13.1. The monoisotopic (exact) mass is 493 g/mol. The van der Waals surface area contributed by atoms with Gasteiger partial charge in [0, 0.05) is 29.4 Å². The third kappa shape index (κ3) is 6.60. The number of carbonyl (C=O) groups is 2. The lowest BCUT2D eigenvalue weighted by atomic mass is 10.0. The SMILES string of the molecule is Cc1ccc(Oc2cc(C(=O)Nc3ccc(C)cn3)cc3c2CN(CC(C)C)C3=O)cc1.O=S=O. The number of rotatable bonds is 6. The molecule has 182 valence electrons. The molecule has 1 N–H and O–H groups in total. The summed E-state index contributed by atoms with van der Waals surface area (Å²) in [5.74, 6) is 1.55. The molecule has 0 fully saturated rings. The maximum Gasteiger partial charge on any atom is 0.335 e. The maximum atomic E-state index is 13.1. The van der Waals surface area contributed by atoms with E-state index in [4.69, 9.17) is 13.2 Å². The Morgan fingerprint density at radius 1 is 1.09 bits per heavy atom. The van der Waals surface area contributed by atoms with Crippen molar-refractivity contribution in [1.82, 2.24) is 9.88 Å². The average Bonchev–Trinajstić information content (AvgIpc) is 3.12. The van der Waals surface area contributed by atoms with Crippen molar-refractivity contribution in [2.45, 2.75) is 34.2 Å². The van der Waals surface area contributed by atoms with Gasteiger partial charge in [0.15, 0.2) is 0 Å². The molecule has 2 aromatic carbocycles. The van der Waals surface area contributed by atoms with E-state index in [1.165, 1.54) is 0 Å². The Hall–Kier alpha value is -3.85. The van der Waals surface area contributed by atoms with Crippen LogP contribution < -0.4 is 10.1 Å². The van der Waals surface area contributed by atoms with Crippen LogP contribution in [0.3, 0.4) is 0 Å². The van der Waals surface area contributed by atoms with Gasteiger partial charge in [-0.05, 0) is 55.7 Å². The lowest BCUT2D eigenvalue weighted by molar-refractivity contribution is 0.0759. The number of ether oxygens (including phenoxy) is 1. The van der Waals surface area contributed by atoms with E-state index in [2.05, 4.69) is 24.1 Å². The van der Waals surface area contributed by atoms with Gasteiger partial charge < -0.3 is 15.0 Å². The average molecular weight is 494 g/mol. The summed E-state index contributed by atoms with van der Waals surface area (Å²) in [5, 5.41) is 2.80. The van der Waals surface area contributed by atoms with Gasteiger partial charge in [-0.3, -0.25) is 9.59 Å². The van der Waals surface area contributed by atoms with E-state index in [0.717, 1.165) is 16.7 Å². The molecule has 0 bridgehead atoms. The van der Waals surface area contributed by atoms with Crippen LogP contribution in [-0.2, 0) is 18.1 Å². The highest BCUT2D eigenvalue weighted by Crippen LogP contribution is 2.36. The van der Waals surface area contributed by atoms with Crippen LogP contribution in [0.4, 0.5) is 5.82 Å². The lowest BCUT2D eigenvalue weighted by Crippen LogP contribution is -2.27. The number of nitrogens with one attached hydrogen (secondary N) is 1. The Labute approximate surface area is 207 Å². The molecule has 1 aromatic heterocycles. The topological polar surface area (TPSA) is 106 Å². The number of amides is 2. The van der Waals surface area contributed by atoms with Gasteiger partial charge in [-0.15, -0.1) is 0 Å². The van der Waals surface area contributed by atoms with E-state index in [-0.39, 0.29) is 11.8 Å². The molecule has 2 heterocycles. The summed E-state index contributed by atoms with van der Waals surface area (Å²) in [6.45, 7) is 9.21. The van der Waals surface area contributed by atoms with Gasteiger partial charge in [0.25, 0.3) is 11.8 Å². The largest absolute Gasteiger partial charge is 0.457 e. The Balaban J connectivity index is 0.00000108. The van der Waals surface area contributed by atoms with Crippen LogP contribution in [0, 0.1) is 19.8 Å². The second-order valence-corrected chi connectivity index (χ2v) is 8.87. The highest BCUT2D eigenvalue weighted by molar-refractivity contribution is 7.51. The first-order valence-corrected chi connectivity index (χ1v) is 11.7. The van der Waals surface area contributed by atoms with Crippen molar-refractivity contribution in [3.05, 3.63) is 82.5 Å². The van der Waals surface area contributed by atoms with Crippen molar-refractivity contribution in [3.8, 4) is 11.5 Å². The first kappa shape index (κ1) is 25.8. The molecule has 2 amide bonds. The van der Waals surface area contributed by atoms with E-state index in [0.29, 0.717) is 47.5 Å². The van der Waals surface area contributed by atoms with Gasteiger partial charge in [0.05, 0.1) is 6.54 Å². The molecule has 0 saturated heterocycles. The van der Waals surface area contributed by atoms with E-state index in [1.54, 1.807) is 29.3 Å². The number of aromatic nitrogens is 1. The summed E-state index contributed by atoms with van der Waals surface area (Å²) in [4.78, 5) is 32.1. The van der Waals surface area contributed by atoms with Crippen LogP contribution in [-0.4, -0.2) is 36.7 Å². The molecule has 0 unspecified atom stereocenters. The molecule has 0 saturated carbocycles. The lowest BCUT2D eigenvalue weighted by Gasteiger charge is -2.18. The molecule has 35 heavy (non-hydrogen) atoms. The minimum Gasteiger partial charge on any atom is -0.457 e. The summed E-state index contributed by atoms with van der Waals surface area (Å²) in [6.07, 6.45) is 1.69. The van der Waals surface area contributed by atoms with Crippen molar-refractivity contribution >= 4 is 29.2 Å². The Morgan fingerprint density at radius 2 is 1.74 bits per heavy atom. The number of nitrogens with zero attached hydrogens (tertiary/aromatic N) is 2. The molecular formula is C26H27N3O5S. The fourth-order valence-electron chi connectivity index (χ4n) is 3.71. The predicted octanol–water partition coefficient (Wildman–Crippen LogP) is 4.68. The van der Waals surface area contributed by atoms with Crippen LogP contribution >= 0.6 is 0 Å². The Kier molecular flexibility index (Phi) is 8.48. The minimum absolute atomic E-state index is 0.0782. The molecule has 8 nitrogen and oxygen atoms in total. The third-order valence-electron chi connectivity index (χ3n) is 5.33. The number of anilines is 1. The summed E-state index contributed by atoms with van der Waals surface area (Å²) >= 11 is -0.750. The number of aryl methyl sites for hydroxylation is 2. The van der Waals surface area contributed by atoms with Gasteiger partial charge in [-0.1, -0.05) is 37.6 Å². The number of hydrogen-bond donors (Lipinski definition) is 1. The molecule has 0 spiro atoms. The second-order valence-electron chi connectivity index (χ2n) is 8.74. The van der Waals surface area contributed by atoms with Gasteiger partial charge in [0.1, 0.15) is 17.3 Å². The van der Waals surface area contributed by atoms with Crippen LogP contribution in [0.15, 0.2) is 54.7 Å². The predicted molar refractivity (Wildman–Crippen MR) is 133 cm³/mol. The molecule has 1 aliphatic heterocycles. The Bertz CT molecular complexity index is 1250. The van der Waals surface area contributed by atoms with E-state index in [9.17, 15) is 9.59 Å². The van der Waals surface area contributed by atoms with Gasteiger partial charge >= 0.3 is 11.6 Å². The molecular weight excluding hydrogens is 466 g/mol. The zero-order valence-corrected chi connectivity index (χ0v) is 20.8. The quantitative estimate of drug-likeness (QED) is 0.534. The van der Waals surface area contributed by atoms with E-state index in [1.807, 2.05) is 44.2 Å². The fraction of sp³-hybridized carbons (Fsp3) is 0.269. The highest BCUT2D eigenvalue weighted by Gasteiger charge is 2.32. The third-order valence-corrected chi connectivity index (χ3v) is 5.33. The molecule has 0 aliphatic carbocycles. The van der Waals surface area contributed by atoms with Crippen molar-refractivity contribution in [3.63, 3.8) is 0 Å². The summed E-state index contributed by atoms with van der Waals surface area (Å²) in [5.41, 5.74) is 3.80. The molecule has 4 rings (SSSR count). The highest BCUT2D eigenvalue weighted by atomic mass is 32.1. The summed E-state index contributed by atoms with van der Waals surface area (Å²) in [7, 11) is 0. The van der Waals surface area contributed by atoms with Crippen molar-refractivity contribution in [1.29, 1.82) is 0 Å². The first-order chi connectivity index (χ1) is 16.7. The zero-order chi connectivity index (χ0) is 25.5. The molecule has 9 heteroatoms. The number of hydrogen-bond acceptors (Lipinski definition) is 6. The molecule has 3 aromatic rings. The standard InChI is InChI=1S/C26H27N3O3.O2S/c1-16(2)14-29-15-22-21(26(29)31)11-19(25(30)28-24-10-7-18(4)13-27-24)12-23(22)32-20-8-5-17(3)6-9-20;1-3-2/h5-13,16H,14-15H2,1-4H3,(H,27,28,30);. The van der Waals surface area contributed by atoms with Crippen LogP contribution in [0.5, 0.6) is 11.5 Å². The van der Waals surface area contributed by atoms with E-state index < -0.39 is 11.6 Å². The van der Waals surface area contributed by atoms with Crippen LogP contribution in [0.2, 0.25) is 0 Å². The summed E-state index contributed by atoms with van der Waals surface area (Å²) in [6, 6.07) is 14.7. The van der Waals surface area contributed by atoms with Crippen molar-refractivity contribution < 1.29 is 22.7 Å². The van der Waals surface area contributed by atoms with Crippen LogP contribution in [0.1, 0.15) is 51.3 Å². The number of benzene rings is 2. The van der Waals surface area contributed by atoms with Crippen LogP contribution in [0.25, 0.3) is 0 Å². The number of carbonyl (C=O) groups excluding carboxylic acids is 2. The molecule has 0 atom stereocenters. The normalized spacial score (nSPS) is 12.0. The molecule has 0 radical (unpaired) electrons. The van der Waals surface area contributed by atoms with E-state index >= 15 is 0 Å².